The molecule has 1 saturated carbocycles. The van der Waals surface area contributed by atoms with Crippen LogP contribution < -0.4 is 10.6 Å². The third kappa shape index (κ3) is 7.16. The number of amides is 1. The Morgan fingerprint density at radius 3 is 2.09 bits per heavy atom. The summed E-state index contributed by atoms with van der Waals surface area (Å²) >= 11 is 5.29. The van der Waals surface area contributed by atoms with E-state index in [2.05, 4.69) is 10.6 Å². The fourth-order valence-electron chi connectivity index (χ4n) is 3.10. The SMILES string of the molecule is O=C(NC(=S)NC1CCCCCCCCCCC1)c1ccco1. The molecule has 0 spiro atoms. The predicted molar refractivity (Wildman–Crippen MR) is 96.5 cm³/mol. The lowest BCUT2D eigenvalue weighted by Gasteiger charge is -2.21. The molecular formula is C18H28N2O2S. The highest BCUT2D eigenvalue weighted by molar-refractivity contribution is 7.80. The second-order valence-electron chi connectivity index (χ2n) is 6.36. The second kappa shape index (κ2) is 10.4. The zero-order chi connectivity index (χ0) is 16.3. The van der Waals surface area contributed by atoms with Crippen molar-refractivity contribution in [2.75, 3.05) is 0 Å². The highest BCUT2D eigenvalue weighted by Gasteiger charge is 2.14. The topological polar surface area (TPSA) is 54.3 Å². The van der Waals surface area contributed by atoms with Gasteiger partial charge in [0.25, 0.3) is 5.91 Å². The molecule has 1 aromatic heterocycles. The number of hydrogen-bond donors (Lipinski definition) is 2. The predicted octanol–water partition coefficient (Wildman–Crippen LogP) is 4.56. The highest BCUT2D eigenvalue weighted by Crippen LogP contribution is 2.17. The Labute approximate surface area is 144 Å². The van der Waals surface area contributed by atoms with Crippen LogP contribution in [0.4, 0.5) is 0 Å². The van der Waals surface area contributed by atoms with Gasteiger partial charge >= 0.3 is 0 Å². The van der Waals surface area contributed by atoms with Crippen LogP contribution in [0, 0.1) is 0 Å². The van der Waals surface area contributed by atoms with Gasteiger partial charge in [-0.15, -0.1) is 0 Å². The molecule has 23 heavy (non-hydrogen) atoms. The van der Waals surface area contributed by atoms with Gasteiger partial charge in [-0.2, -0.15) is 0 Å². The maximum Gasteiger partial charge on any atom is 0.293 e. The third-order valence-corrected chi connectivity index (χ3v) is 4.63. The van der Waals surface area contributed by atoms with Gasteiger partial charge in [0.1, 0.15) is 0 Å². The molecule has 1 aromatic rings. The number of carbonyl (C=O) groups is 1. The van der Waals surface area contributed by atoms with E-state index >= 15 is 0 Å². The van der Waals surface area contributed by atoms with Gasteiger partial charge in [-0.05, 0) is 37.2 Å². The van der Waals surface area contributed by atoms with E-state index < -0.39 is 0 Å². The molecule has 0 bridgehead atoms. The number of thiocarbonyl (C=S) groups is 1. The molecule has 0 radical (unpaired) electrons. The van der Waals surface area contributed by atoms with E-state index in [4.69, 9.17) is 16.6 Å². The number of nitrogens with one attached hydrogen (secondary N) is 2. The van der Waals surface area contributed by atoms with Crippen molar-refractivity contribution in [3.05, 3.63) is 24.2 Å². The lowest BCUT2D eigenvalue weighted by atomic mass is 9.98. The van der Waals surface area contributed by atoms with E-state index in [1.165, 1.54) is 64.1 Å². The van der Waals surface area contributed by atoms with Crippen LogP contribution in [0.15, 0.2) is 22.8 Å². The first-order valence-corrected chi connectivity index (χ1v) is 9.32. The zero-order valence-corrected chi connectivity index (χ0v) is 14.6. The number of carbonyl (C=O) groups excluding carboxylic acids is 1. The molecule has 5 heteroatoms. The average Bonchev–Trinajstić information content (AvgIpc) is 3.04. The highest BCUT2D eigenvalue weighted by atomic mass is 32.1. The lowest BCUT2D eigenvalue weighted by Crippen LogP contribution is -2.44. The first-order chi connectivity index (χ1) is 11.3. The third-order valence-electron chi connectivity index (χ3n) is 4.41. The summed E-state index contributed by atoms with van der Waals surface area (Å²) in [5.74, 6) is -0.00602. The molecule has 1 aliphatic carbocycles. The Morgan fingerprint density at radius 2 is 1.57 bits per heavy atom. The van der Waals surface area contributed by atoms with Gasteiger partial charge in [-0.3, -0.25) is 10.1 Å². The molecule has 1 heterocycles. The summed E-state index contributed by atoms with van der Waals surface area (Å²) in [4.78, 5) is 11.9. The minimum absolute atomic E-state index is 0.285. The maximum atomic E-state index is 11.9. The summed E-state index contributed by atoms with van der Waals surface area (Å²) < 4.78 is 5.08. The van der Waals surface area contributed by atoms with Crippen molar-refractivity contribution in [2.45, 2.75) is 76.7 Å². The fourth-order valence-corrected chi connectivity index (χ4v) is 3.36. The molecule has 2 rings (SSSR count). The van der Waals surface area contributed by atoms with Gasteiger partial charge in [0.05, 0.1) is 6.26 Å². The summed E-state index contributed by atoms with van der Waals surface area (Å²) in [6.45, 7) is 0. The lowest BCUT2D eigenvalue weighted by molar-refractivity contribution is 0.0949. The van der Waals surface area contributed by atoms with Crippen LogP contribution in [0.5, 0.6) is 0 Å². The maximum absolute atomic E-state index is 11.9. The summed E-state index contributed by atoms with van der Waals surface area (Å²) in [5, 5.41) is 6.43. The van der Waals surface area contributed by atoms with Gasteiger partial charge in [0, 0.05) is 6.04 Å². The molecule has 0 unspecified atom stereocenters. The summed E-state index contributed by atoms with van der Waals surface area (Å²) in [6.07, 6.45) is 15.6. The van der Waals surface area contributed by atoms with E-state index in [0.717, 1.165) is 12.8 Å². The summed E-state index contributed by atoms with van der Waals surface area (Å²) in [6, 6.07) is 3.69. The van der Waals surface area contributed by atoms with Crippen molar-refractivity contribution in [1.82, 2.24) is 10.6 Å². The van der Waals surface area contributed by atoms with Crippen LogP contribution >= 0.6 is 12.2 Å². The summed E-state index contributed by atoms with van der Waals surface area (Å²) in [5.41, 5.74) is 0. The van der Waals surface area contributed by atoms with Crippen molar-refractivity contribution >= 4 is 23.2 Å². The molecule has 128 valence electrons. The van der Waals surface area contributed by atoms with Crippen molar-refractivity contribution < 1.29 is 9.21 Å². The monoisotopic (exact) mass is 336 g/mol. The smallest absolute Gasteiger partial charge is 0.293 e. The van der Waals surface area contributed by atoms with Crippen LogP contribution in [0.3, 0.4) is 0 Å². The van der Waals surface area contributed by atoms with Gasteiger partial charge < -0.3 is 9.73 Å². The number of furan rings is 1. The number of rotatable bonds is 2. The average molecular weight is 337 g/mol. The zero-order valence-electron chi connectivity index (χ0n) is 13.8. The molecule has 4 nitrogen and oxygen atoms in total. The molecule has 0 atom stereocenters. The fraction of sp³-hybridized carbons (Fsp3) is 0.667. The van der Waals surface area contributed by atoms with Crippen molar-refractivity contribution in [2.24, 2.45) is 0 Å². The summed E-state index contributed by atoms with van der Waals surface area (Å²) in [7, 11) is 0. The Morgan fingerprint density at radius 1 is 1.00 bits per heavy atom. The van der Waals surface area contributed by atoms with E-state index in [0.29, 0.717) is 11.2 Å². The van der Waals surface area contributed by atoms with Crippen LogP contribution in [-0.2, 0) is 0 Å². The molecule has 0 aliphatic heterocycles. The van der Waals surface area contributed by atoms with Gasteiger partial charge in [0.2, 0.25) is 0 Å². The van der Waals surface area contributed by atoms with Crippen LogP contribution in [-0.4, -0.2) is 17.1 Å². The largest absolute Gasteiger partial charge is 0.459 e. The van der Waals surface area contributed by atoms with E-state index in [9.17, 15) is 4.79 Å². The molecule has 2 N–H and O–H groups in total. The number of hydrogen-bond acceptors (Lipinski definition) is 3. The Bertz CT molecular complexity index is 461. The van der Waals surface area contributed by atoms with Gasteiger partial charge in [-0.1, -0.05) is 57.8 Å². The molecule has 0 saturated heterocycles. The first kappa shape index (κ1) is 18.0. The van der Waals surface area contributed by atoms with Crippen molar-refractivity contribution in [3.8, 4) is 0 Å². The normalized spacial score (nSPS) is 18.4. The van der Waals surface area contributed by atoms with Gasteiger partial charge in [0.15, 0.2) is 10.9 Å². The minimum Gasteiger partial charge on any atom is -0.459 e. The standard InChI is InChI=1S/C18H28N2O2S/c21-17(16-13-10-14-22-16)20-18(23)19-15-11-8-6-4-2-1-3-5-7-9-12-15/h10,13-15H,1-9,11-12H2,(H2,19,20,21,23). The van der Waals surface area contributed by atoms with Crippen LogP contribution in [0.2, 0.25) is 0 Å². The molecule has 0 aromatic carbocycles. The Hall–Kier alpha value is -1.36. The molecule has 1 amide bonds. The van der Waals surface area contributed by atoms with E-state index in [1.54, 1.807) is 12.1 Å². The molecule has 1 fully saturated rings. The van der Waals surface area contributed by atoms with Crippen molar-refractivity contribution in [3.63, 3.8) is 0 Å². The Balaban J connectivity index is 1.77. The van der Waals surface area contributed by atoms with E-state index in [-0.39, 0.29) is 11.7 Å². The van der Waals surface area contributed by atoms with Gasteiger partial charge in [-0.25, -0.2) is 0 Å². The first-order valence-electron chi connectivity index (χ1n) is 8.91. The Kier molecular flexibility index (Phi) is 8.15. The quantitative estimate of drug-likeness (QED) is 0.778. The minimum atomic E-state index is -0.291. The van der Waals surface area contributed by atoms with Crippen molar-refractivity contribution in [1.29, 1.82) is 0 Å². The second-order valence-corrected chi connectivity index (χ2v) is 6.77. The van der Waals surface area contributed by atoms with Crippen LogP contribution in [0.1, 0.15) is 81.2 Å². The molecule has 1 aliphatic rings. The van der Waals surface area contributed by atoms with E-state index in [1.807, 2.05) is 0 Å². The molecular weight excluding hydrogens is 308 g/mol. The van der Waals surface area contributed by atoms with Crippen LogP contribution in [0.25, 0.3) is 0 Å².